The lowest BCUT2D eigenvalue weighted by Crippen LogP contribution is -2.27. The van der Waals surface area contributed by atoms with Crippen molar-refractivity contribution >= 4 is 23.5 Å². The van der Waals surface area contributed by atoms with Gasteiger partial charge in [-0.25, -0.2) is 9.59 Å². The predicted molar refractivity (Wildman–Crippen MR) is 126 cm³/mol. The van der Waals surface area contributed by atoms with Gasteiger partial charge in [-0.2, -0.15) is 0 Å². The molecule has 0 saturated heterocycles. The average Bonchev–Trinajstić information content (AvgIpc) is 2.80. The second-order valence-electron chi connectivity index (χ2n) is 7.45. The van der Waals surface area contributed by atoms with Gasteiger partial charge < -0.3 is 18.9 Å². The minimum absolute atomic E-state index is 0.0459. The van der Waals surface area contributed by atoms with Crippen LogP contribution in [0.1, 0.15) is 47.4 Å². The first-order valence-electron chi connectivity index (χ1n) is 10.4. The fourth-order valence-electron chi connectivity index (χ4n) is 2.56. The number of ketones is 2. The van der Waals surface area contributed by atoms with Gasteiger partial charge in [-0.1, -0.05) is 26.3 Å². The van der Waals surface area contributed by atoms with Gasteiger partial charge in [0.15, 0.2) is 11.6 Å². The molecule has 0 N–H and O–H groups in total. The van der Waals surface area contributed by atoms with Gasteiger partial charge in [-0.15, -0.1) is 0 Å². The average molecular weight is 471 g/mol. The van der Waals surface area contributed by atoms with Crippen molar-refractivity contribution in [1.82, 2.24) is 0 Å². The molecule has 0 spiro atoms. The van der Waals surface area contributed by atoms with Crippen molar-refractivity contribution in [3.05, 3.63) is 85.4 Å². The quantitative estimate of drug-likeness (QED) is 0.202. The molecule has 8 nitrogen and oxygen atoms in total. The molecule has 0 heterocycles. The summed E-state index contributed by atoms with van der Waals surface area (Å²) < 4.78 is 20.9. The van der Waals surface area contributed by atoms with Crippen molar-refractivity contribution in [3.8, 4) is 0 Å². The number of benzene rings is 1. The molecule has 0 radical (unpaired) electrons. The summed E-state index contributed by atoms with van der Waals surface area (Å²) in [4.78, 5) is 48.9. The topological polar surface area (TPSA) is 105 Å². The van der Waals surface area contributed by atoms with E-state index in [1.807, 2.05) is 0 Å². The predicted octanol–water partition coefficient (Wildman–Crippen LogP) is 4.13. The molecule has 0 aliphatic carbocycles. The van der Waals surface area contributed by atoms with E-state index in [0.29, 0.717) is 11.1 Å². The van der Waals surface area contributed by atoms with Crippen LogP contribution in [0.4, 0.5) is 0 Å². The first-order chi connectivity index (χ1) is 16.1. The van der Waals surface area contributed by atoms with Gasteiger partial charge in [-0.05, 0) is 49.3 Å². The van der Waals surface area contributed by atoms with Crippen molar-refractivity contribution in [2.45, 2.75) is 38.9 Å². The first kappa shape index (κ1) is 28.1. The number of hydrogen-bond acceptors (Lipinski definition) is 8. The Morgan fingerprint density at radius 1 is 0.735 bits per heavy atom. The molecule has 0 aliphatic rings. The normalized spacial score (nSPS) is 11.8. The minimum atomic E-state index is -0.837. The molecule has 0 fully saturated rings. The van der Waals surface area contributed by atoms with Gasteiger partial charge >= 0.3 is 11.9 Å². The van der Waals surface area contributed by atoms with Gasteiger partial charge in [0, 0.05) is 0 Å². The number of allylic oxidation sites excluding steroid dienone is 2. The molecule has 1 aromatic carbocycles. The van der Waals surface area contributed by atoms with E-state index in [1.54, 1.807) is 13.8 Å². The van der Waals surface area contributed by atoms with Crippen molar-refractivity contribution in [3.63, 3.8) is 0 Å². The second kappa shape index (κ2) is 14.3. The number of carbonyl (C=O) groups is 4. The Kier molecular flexibility index (Phi) is 11.8. The van der Waals surface area contributed by atoms with E-state index < -0.39 is 24.1 Å². The molecule has 0 aliphatic heterocycles. The van der Waals surface area contributed by atoms with E-state index >= 15 is 0 Å². The van der Waals surface area contributed by atoms with Crippen LogP contribution in [0.5, 0.6) is 0 Å². The maximum Gasteiger partial charge on any atom is 0.338 e. The summed E-state index contributed by atoms with van der Waals surface area (Å²) >= 11 is 0. The van der Waals surface area contributed by atoms with Crippen LogP contribution in [0.2, 0.25) is 0 Å². The molecule has 0 saturated carbocycles. The minimum Gasteiger partial charge on any atom is -0.498 e. The van der Waals surface area contributed by atoms with E-state index in [9.17, 15) is 19.2 Å². The smallest absolute Gasteiger partial charge is 0.338 e. The summed E-state index contributed by atoms with van der Waals surface area (Å²) in [5, 5.41) is 0. The monoisotopic (exact) mass is 470 g/mol. The first-order valence-corrected chi connectivity index (χ1v) is 10.4. The highest BCUT2D eigenvalue weighted by Gasteiger charge is 2.22. The Balaban J connectivity index is 2.85. The standard InChI is InChI=1S/C26H30O8/c1-7-31-15-21(13-23(27)17(3)4)33-25(29)19-9-11-20(12-10-19)26(30)34-22(16-32-8-2)14-24(28)18(5)6/h7-12,21-22H,1-3,5,13-16H2,4,6H3. The number of hydrogen-bond donors (Lipinski definition) is 0. The molecular weight excluding hydrogens is 440 g/mol. The van der Waals surface area contributed by atoms with Gasteiger partial charge in [0.2, 0.25) is 0 Å². The van der Waals surface area contributed by atoms with Crippen molar-refractivity contribution in [2.24, 2.45) is 0 Å². The van der Waals surface area contributed by atoms with Gasteiger partial charge in [0.25, 0.3) is 0 Å². The van der Waals surface area contributed by atoms with Crippen LogP contribution in [-0.2, 0) is 28.5 Å². The number of rotatable bonds is 16. The summed E-state index contributed by atoms with van der Waals surface area (Å²) in [7, 11) is 0. The fourth-order valence-corrected chi connectivity index (χ4v) is 2.56. The van der Waals surface area contributed by atoms with Crippen LogP contribution in [0, 0.1) is 0 Å². The molecule has 0 amide bonds. The van der Waals surface area contributed by atoms with Gasteiger partial charge in [0.05, 0.1) is 36.5 Å². The molecule has 0 bridgehead atoms. The number of Topliss-reactive ketones (excluding diaryl/α,β-unsaturated/α-hetero) is 2. The lowest BCUT2D eigenvalue weighted by atomic mass is 10.1. The number of carbonyl (C=O) groups excluding carboxylic acids is 4. The second-order valence-corrected chi connectivity index (χ2v) is 7.45. The van der Waals surface area contributed by atoms with Crippen LogP contribution >= 0.6 is 0 Å². The van der Waals surface area contributed by atoms with Crippen LogP contribution in [0.25, 0.3) is 0 Å². The molecule has 2 atom stereocenters. The van der Waals surface area contributed by atoms with E-state index in [2.05, 4.69) is 26.3 Å². The fraction of sp³-hybridized carbons (Fsp3) is 0.308. The largest absolute Gasteiger partial charge is 0.498 e. The Morgan fingerprint density at radius 3 is 1.32 bits per heavy atom. The molecular formula is C26H30O8. The van der Waals surface area contributed by atoms with E-state index in [-0.39, 0.29) is 48.7 Å². The highest BCUT2D eigenvalue weighted by Crippen LogP contribution is 2.14. The zero-order chi connectivity index (χ0) is 25.7. The summed E-state index contributed by atoms with van der Waals surface area (Å²) in [6, 6.07) is 5.55. The van der Waals surface area contributed by atoms with Crippen LogP contribution in [0.3, 0.4) is 0 Å². The Labute approximate surface area is 199 Å². The van der Waals surface area contributed by atoms with E-state index in [4.69, 9.17) is 18.9 Å². The molecule has 34 heavy (non-hydrogen) atoms. The zero-order valence-corrected chi connectivity index (χ0v) is 19.5. The Morgan fingerprint density at radius 2 is 1.06 bits per heavy atom. The lowest BCUT2D eigenvalue weighted by Gasteiger charge is -2.18. The summed E-state index contributed by atoms with van der Waals surface area (Å²) in [5.41, 5.74) is 0.993. The Hall–Kier alpha value is -3.94. The van der Waals surface area contributed by atoms with E-state index in [0.717, 1.165) is 0 Å². The third-order valence-electron chi connectivity index (χ3n) is 4.48. The van der Waals surface area contributed by atoms with Crippen molar-refractivity contribution in [1.29, 1.82) is 0 Å². The van der Waals surface area contributed by atoms with Crippen LogP contribution in [0.15, 0.2) is 74.3 Å². The molecule has 0 aromatic heterocycles. The number of ether oxygens (including phenoxy) is 4. The van der Waals surface area contributed by atoms with Crippen molar-refractivity contribution < 1.29 is 38.1 Å². The number of esters is 2. The Bertz CT molecular complexity index is 865. The zero-order valence-electron chi connectivity index (χ0n) is 19.5. The molecule has 8 heteroatoms. The maximum absolute atomic E-state index is 12.5. The van der Waals surface area contributed by atoms with E-state index in [1.165, 1.54) is 36.8 Å². The van der Waals surface area contributed by atoms with Crippen molar-refractivity contribution in [2.75, 3.05) is 13.2 Å². The summed E-state index contributed by atoms with van der Waals surface area (Å²) in [6.07, 6.45) is 0.520. The third kappa shape index (κ3) is 9.68. The van der Waals surface area contributed by atoms with Gasteiger partial charge in [0.1, 0.15) is 25.4 Å². The maximum atomic E-state index is 12.5. The highest BCUT2D eigenvalue weighted by molar-refractivity contribution is 5.96. The molecule has 2 unspecified atom stereocenters. The molecule has 1 aromatic rings. The SMILES string of the molecule is C=COCC(CC(=O)C(=C)C)OC(=O)c1ccc(C(=O)OC(COC=C)CC(=O)C(=C)C)cc1. The lowest BCUT2D eigenvalue weighted by molar-refractivity contribution is -0.119. The third-order valence-corrected chi connectivity index (χ3v) is 4.48. The van der Waals surface area contributed by atoms with Crippen LogP contribution < -0.4 is 0 Å². The summed E-state index contributed by atoms with van der Waals surface area (Å²) in [6.45, 7) is 17.1. The molecule has 1 rings (SSSR count). The van der Waals surface area contributed by atoms with Gasteiger partial charge in [-0.3, -0.25) is 9.59 Å². The molecule has 182 valence electrons. The highest BCUT2D eigenvalue weighted by atomic mass is 16.6. The summed E-state index contributed by atoms with van der Waals surface area (Å²) in [5.74, 6) is -1.92. The van der Waals surface area contributed by atoms with Crippen LogP contribution in [-0.4, -0.2) is 48.9 Å².